The van der Waals surface area contributed by atoms with Gasteiger partial charge in [0.1, 0.15) is 0 Å². The Labute approximate surface area is 117 Å². The molecule has 0 saturated heterocycles. The molecule has 110 valence electrons. The molecule has 0 spiro atoms. The first-order valence-corrected chi connectivity index (χ1v) is 7.73. The number of hydrogen-bond acceptors (Lipinski definition) is 6. The lowest BCUT2D eigenvalue weighted by Crippen LogP contribution is -2.25. The molecule has 0 saturated carbocycles. The van der Waals surface area contributed by atoms with Crippen molar-refractivity contribution in [1.82, 2.24) is 25.2 Å². The van der Waals surface area contributed by atoms with Gasteiger partial charge in [-0.2, -0.15) is 4.98 Å². The Morgan fingerprint density at radius 3 is 3.00 bits per heavy atom. The minimum atomic E-state index is -3.51. The normalized spacial score (nSPS) is 11.8. The third-order valence-corrected chi connectivity index (χ3v) is 4.08. The molecule has 9 heteroatoms. The van der Waals surface area contributed by atoms with Crippen molar-refractivity contribution >= 4 is 10.0 Å². The van der Waals surface area contributed by atoms with Crippen molar-refractivity contribution in [1.29, 1.82) is 0 Å². The zero-order chi connectivity index (χ0) is 14.4. The van der Waals surface area contributed by atoms with Crippen molar-refractivity contribution in [2.45, 2.75) is 24.8 Å². The van der Waals surface area contributed by atoms with Crippen molar-refractivity contribution in [3.8, 4) is 0 Å². The number of hydrogen-bond donors (Lipinski definition) is 3. The number of sulfonamides is 1. The number of H-pyrrole nitrogens is 1. The summed E-state index contributed by atoms with van der Waals surface area (Å²) in [5.74, 6) is 0.467. The Morgan fingerprint density at radius 1 is 1.45 bits per heavy atom. The first-order chi connectivity index (χ1) is 9.62. The summed E-state index contributed by atoms with van der Waals surface area (Å²) in [6.07, 6.45) is 3.07. The SMILES string of the molecule is CCNCc1cc(S(=O)(=O)NCCc2ncon2)c[nH]1. The molecule has 2 heterocycles. The van der Waals surface area contributed by atoms with Gasteiger partial charge < -0.3 is 14.8 Å². The summed E-state index contributed by atoms with van der Waals surface area (Å²) in [5, 5.41) is 6.73. The van der Waals surface area contributed by atoms with Gasteiger partial charge in [-0.05, 0) is 12.6 Å². The molecule has 0 aliphatic heterocycles. The molecule has 2 aromatic heterocycles. The highest BCUT2D eigenvalue weighted by Gasteiger charge is 2.15. The second-order valence-electron chi connectivity index (χ2n) is 4.14. The van der Waals surface area contributed by atoms with Crippen LogP contribution < -0.4 is 10.0 Å². The fourth-order valence-electron chi connectivity index (χ4n) is 1.62. The van der Waals surface area contributed by atoms with Gasteiger partial charge in [0.15, 0.2) is 5.82 Å². The second kappa shape index (κ2) is 6.64. The maximum Gasteiger partial charge on any atom is 0.242 e. The van der Waals surface area contributed by atoms with E-state index in [1.54, 1.807) is 6.07 Å². The topological polar surface area (TPSA) is 113 Å². The average Bonchev–Trinajstić information content (AvgIpc) is 3.07. The molecule has 0 aliphatic carbocycles. The van der Waals surface area contributed by atoms with E-state index >= 15 is 0 Å². The molecule has 0 unspecified atom stereocenters. The highest BCUT2D eigenvalue weighted by Crippen LogP contribution is 2.10. The number of nitrogens with one attached hydrogen (secondary N) is 3. The molecule has 0 bridgehead atoms. The molecule has 0 atom stereocenters. The van der Waals surface area contributed by atoms with E-state index in [1.165, 1.54) is 12.6 Å². The van der Waals surface area contributed by atoms with Crippen molar-refractivity contribution < 1.29 is 12.9 Å². The number of rotatable bonds is 8. The number of aromatic nitrogens is 3. The number of aromatic amines is 1. The van der Waals surface area contributed by atoms with Crippen LogP contribution in [0.5, 0.6) is 0 Å². The molecule has 0 amide bonds. The minimum absolute atomic E-state index is 0.218. The van der Waals surface area contributed by atoms with Crippen molar-refractivity contribution in [2.24, 2.45) is 0 Å². The summed E-state index contributed by atoms with van der Waals surface area (Å²) in [7, 11) is -3.51. The molecule has 20 heavy (non-hydrogen) atoms. The lowest BCUT2D eigenvalue weighted by atomic mass is 10.4. The molecule has 3 N–H and O–H groups in total. The predicted octanol–water partition coefficient (Wildman–Crippen LogP) is 0.0282. The Morgan fingerprint density at radius 2 is 2.30 bits per heavy atom. The summed E-state index contributed by atoms with van der Waals surface area (Å²) in [6.45, 7) is 3.63. The zero-order valence-corrected chi connectivity index (χ0v) is 11.9. The van der Waals surface area contributed by atoms with Crippen LogP contribution >= 0.6 is 0 Å². The van der Waals surface area contributed by atoms with E-state index in [4.69, 9.17) is 0 Å². The average molecular weight is 299 g/mol. The summed E-state index contributed by atoms with van der Waals surface area (Å²) in [6, 6.07) is 1.61. The molecule has 0 aromatic carbocycles. The molecule has 2 rings (SSSR count). The van der Waals surface area contributed by atoms with Crippen LogP contribution in [0.25, 0.3) is 0 Å². The smallest absolute Gasteiger partial charge is 0.242 e. The van der Waals surface area contributed by atoms with Gasteiger partial charge in [-0.15, -0.1) is 0 Å². The third-order valence-electron chi connectivity index (χ3n) is 2.64. The Balaban J connectivity index is 1.90. The van der Waals surface area contributed by atoms with Crippen LogP contribution in [-0.2, 0) is 23.0 Å². The Bertz CT molecular complexity index is 620. The van der Waals surface area contributed by atoms with Crippen LogP contribution in [0.2, 0.25) is 0 Å². The quantitative estimate of drug-likeness (QED) is 0.634. The Kier molecular flexibility index (Phi) is 4.88. The standard InChI is InChI=1S/C11H17N5O3S/c1-2-12-6-9-5-10(7-13-9)20(17,18)15-4-3-11-14-8-19-16-11/h5,7-8,12-13,15H,2-4,6H2,1H3. The van der Waals surface area contributed by atoms with Gasteiger partial charge in [-0.1, -0.05) is 12.1 Å². The van der Waals surface area contributed by atoms with Crippen LogP contribution in [0.15, 0.2) is 28.1 Å². The third kappa shape index (κ3) is 3.89. The van der Waals surface area contributed by atoms with Crippen molar-refractivity contribution in [3.05, 3.63) is 30.2 Å². The summed E-state index contributed by atoms with van der Waals surface area (Å²) in [4.78, 5) is 6.97. The van der Waals surface area contributed by atoms with E-state index in [2.05, 4.69) is 29.7 Å². The summed E-state index contributed by atoms with van der Waals surface area (Å²) in [5.41, 5.74) is 0.824. The monoisotopic (exact) mass is 299 g/mol. The van der Waals surface area contributed by atoms with Crippen LogP contribution in [0.3, 0.4) is 0 Å². The maximum absolute atomic E-state index is 12.0. The van der Waals surface area contributed by atoms with Gasteiger partial charge in [0, 0.05) is 31.4 Å². The van der Waals surface area contributed by atoms with Gasteiger partial charge >= 0.3 is 0 Å². The lowest BCUT2D eigenvalue weighted by molar-refractivity contribution is 0.410. The van der Waals surface area contributed by atoms with Gasteiger partial charge in [-0.25, -0.2) is 13.1 Å². The van der Waals surface area contributed by atoms with E-state index in [9.17, 15) is 8.42 Å². The van der Waals surface area contributed by atoms with Gasteiger partial charge in [-0.3, -0.25) is 0 Å². The fraction of sp³-hybridized carbons (Fsp3) is 0.455. The lowest BCUT2D eigenvalue weighted by Gasteiger charge is -2.02. The van der Waals surface area contributed by atoms with E-state index in [1.807, 2.05) is 6.92 Å². The van der Waals surface area contributed by atoms with Crippen LogP contribution in [0.4, 0.5) is 0 Å². The molecular weight excluding hydrogens is 282 g/mol. The molecule has 8 nitrogen and oxygen atoms in total. The van der Waals surface area contributed by atoms with Crippen LogP contribution in [0.1, 0.15) is 18.4 Å². The van der Waals surface area contributed by atoms with E-state index in [-0.39, 0.29) is 11.4 Å². The van der Waals surface area contributed by atoms with E-state index < -0.39 is 10.0 Å². The minimum Gasteiger partial charge on any atom is -0.363 e. The predicted molar refractivity (Wildman–Crippen MR) is 71.4 cm³/mol. The molecule has 0 aliphatic rings. The highest BCUT2D eigenvalue weighted by atomic mass is 32.2. The maximum atomic E-state index is 12.0. The van der Waals surface area contributed by atoms with Crippen LogP contribution in [0, 0.1) is 0 Å². The molecule has 0 fully saturated rings. The second-order valence-corrected chi connectivity index (χ2v) is 5.90. The van der Waals surface area contributed by atoms with E-state index in [0.29, 0.717) is 18.8 Å². The molecule has 2 aromatic rings. The van der Waals surface area contributed by atoms with Gasteiger partial charge in [0.25, 0.3) is 0 Å². The summed E-state index contributed by atoms with van der Waals surface area (Å²) < 4.78 is 31.1. The van der Waals surface area contributed by atoms with Crippen molar-refractivity contribution in [3.63, 3.8) is 0 Å². The zero-order valence-electron chi connectivity index (χ0n) is 11.1. The first-order valence-electron chi connectivity index (χ1n) is 6.24. The summed E-state index contributed by atoms with van der Waals surface area (Å²) >= 11 is 0. The molecule has 0 radical (unpaired) electrons. The number of nitrogens with zero attached hydrogens (tertiary/aromatic N) is 2. The Hall–Kier alpha value is -1.71. The largest absolute Gasteiger partial charge is 0.363 e. The highest BCUT2D eigenvalue weighted by molar-refractivity contribution is 7.89. The van der Waals surface area contributed by atoms with Gasteiger partial charge in [0.2, 0.25) is 16.4 Å². The van der Waals surface area contributed by atoms with Crippen molar-refractivity contribution in [2.75, 3.05) is 13.1 Å². The fourth-order valence-corrected chi connectivity index (χ4v) is 2.67. The van der Waals surface area contributed by atoms with Gasteiger partial charge in [0.05, 0.1) is 4.90 Å². The van der Waals surface area contributed by atoms with E-state index in [0.717, 1.165) is 12.2 Å². The first kappa shape index (κ1) is 14.7. The molecular formula is C11H17N5O3S. The van der Waals surface area contributed by atoms with Crippen LogP contribution in [-0.4, -0.2) is 36.6 Å².